The molecule has 0 aliphatic carbocycles. The van der Waals surface area contributed by atoms with Crippen LogP contribution in [-0.2, 0) is 11.3 Å². The number of carbonyl (C=O) groups excluding carboxylic acids is 1. The Kier molecular flexibility index (Phi) is 5.13. The van der Waals surface area contributed by atoms with Gasteiger partial charge in [0.25, 0.3) is 0 Å². The van der Waals surface area contributed by atoms with Crippen LogP contribution in [0.1, 0.15) is 19.8 Å². The van der Waals surface area contributed by atoms with Crippen LogP contribution in [0.4, 0.5) is 4.39 Å². The van der Waals surface area contributed by atoms with E-state index < -0.39 is 0 Å². The number of likely N-dealkylation sites (tertiary alicyclic amines) is 1. The molecule has 146 valence electrons. The van der Waals surface area contributed by atoms with Gasteiger partial charge in [0, 0.05) is 37.6 Å². The van der Waals surface area contributed by atoms with Crippen molar-refractivity contribution < 1.29 is 14.3 Å². The molecule has 1 fully saturated rings. The molecular formula is C22H24FN3O2. The van der Waals surface area contributed by atoms with Gasteiger partial charge in [0.05, 0.1) is 11.8 Å². The van der Waals surface area contributed by atoms with E-state index in [4.69, 9.17) is 0 Å². The zero-order valence-corrected chi connectivity index (χ0v) is 15.9. The number of benzene rings is 1. The minimum Gasteiger partial charge on any atom is -0.393 e. The molecule has 5 nitrogen and oxygen atoms in total. The maximum Gasteiger partial charge on any atom is 0.224 e. The number of halogens is 1. The molecule has 0 spiro atoms. The van der Waals surface area contributed by atoms with Crippen LogP contribution < -0.4 is 0 Å². The van der Waals surface area contributed by atoms with Crippen LogP contribution in [0.2, 0.25) is 0 Å². The van der Waals surface area contributed by atoms with Crippen molar-refractivity contribution in [2.75, 3.05) is 13.1 Å². The van der Waals surface area contributed by atoms with E-state index in [0.29, 0.717) is 32.5 Å². The molecular weight excluding hydrogens is 357 g/mol. The lowest BCUT2D eigenvalue weighted by atomic mass is 9.96. The molecule has 28 heavy (non-hydrogen) atoms. The zero-order chi connectivity index (χ0) is 19.7. The third-order valence-electron chi connectivity index (χ3n) is 5.56. The van der Waals surface area contributed by atoms with Crippen LogP contribution in [0.3, 0.4) is 0 Å². The Hall–Kier alpha value is -2.73. The Morgan fingerprint density at radius 2 is 2.07 bits per heavy atom. The molecule has 1 N–H and O–H groups in total. The molecule has 3 heterocycles. The second kappa shape index (κ2) is 7.72. The van der Waals surface area contributed by atoms with Gasteiger partial charge in [-0.2, -0.15) is 0 Å². The molecule has 6 heteroatoms. The quantitative estimate of drug-likeness (QED) is 0.753. The van der Waals surface area contributed by atoms with Gasteiger partial charge in [0.15, 0.2) is 0 Å². The Balaban J connectivity index is 1.58. The normalized spacial score (nSPS) is 19.9. The summed E-state index contributed by atoms with van der Waals surface area (Å²) in [6, 6.07) is 12.3. The fraction of sp³-hybridized carbons (Fsp3) is 0.364. The van der Waals surface area contributed by atoms with Crippen molar-refractivity contribution in [3.8, 4) is 11.3 Å². The number of rotatable bonds is 4. The van der Waals surface area contributed by atoms with Crippen LogP contribution in [0.25, 0.3) is 22.3 Å². The molecule has 0 saturated carbocycles. The van der Waals surface area contributed by atoms with Crippen molar-refractivity contribution >= 4 is 16.9 Å². The van der Waals surface area contributed by atoms with E-state index in [0.717, 1.165) is 22.3 Å². The lowest BCUT2D eigenvalue weighted by Gasteiger charge is -2.34. The van der Waals surface area contributed by atoms with Crippen LogP contribution in [-0.4, -0.2) is 44.7 Å². The summed E-state index contributed by atoms with van der Waals surface area (Å²) in [6.45, 7) is 3.66. The van der Waals surface area contributed by atoms with Crippen LogP contribution in [0.5, 0.6) is 0 Å². The summed E-state index contributed by atoms with van der Waals surface area (Å²) in [7, 11) is 0. The third kappa shape index (κ3) is 3.64. The van der Waals surface area contributed by atoms with E-state index in [1.54, 1.807) is 18.3 Å². The van der Waals surface area contributed by atoms with Crippen molar-refractivity contribution in [2.45, 2.75) is 32.4 Å². The topological polar surface area (TPSA) is 58.4 Å². The number of fused-ring (bicyclic) bond motifs is 1. The highest BCUT2D eigenvalue weighted by Gasteiger charge is 2.27. The predicted octanol–water partition coefficient (Wildman–Crippen LogP) is 3.46. The number of carbonyl (C=O) groups is 1. The molecule has 2 aromatic heterocycles. The lowest BCUT2D eigenvalue weighted by molar-refractivity contribution is -0.134. The predicted molar refractivity (Wildman–Crippen MR) is 106 cm³/mol. The van der Waals surface area contributed by atoms with Crippen molar-refractivity contribution in [1.29, 1.82) is 0 Å². The fourth-order valence-corrected chi connectivity index (χ4v) is 3.90. The van der Waals surface area contributed by atoms with Gasteiger partial charge >= 0.3 is 0 Å². The molecule has 3 aromatic rings. The van der Waals surface area contributed by atoms with Gasteiger partial charge in [0.2, 0.25) is 5.91 Å². The first-order valence-electron chi connectivity index (χ1n) is 9.69. The van der Waals surface area contributed by atoms with Crippen molar-refractivity contribution in [3.05, 3.63) is 54.5 Å². The van der Waals surface area contributed by atoms with E-state index in [2.05, 4.69) is 4.98 Å². The highest BCUT2D eigenvalue weighted by molar-refractivity contribution is 5.84. The molecule has 1 saturated heterocycles. The van der Waals surface area contributed by atoms with Gasteiger partial charge in [-0.05, 0) is 60.4 Å². The summed E-state index contributed by atoms with van der Waals surface area (Å²) in [4.78, 5) is 19.1. The number of aliphatic hydroxyl groups is 1. The molecule has 2 atom stereocenters. The Morgan fingerprint density at radius 3 is 2.82 bits per heavy atom. The summed E-state index contributed by atoms with van der Waals surface area (Å²) >= 11 is 0. The van der Waals surface area contributed by atoms with E-state index in [1.165, 1.54) is 12.1 Å². The maximum atomic E-state index is 13.3. The lowest BCUT2D eigenvalue weighted by Crippen LogP contribution is -2.45. The largest absolute Gasteiger partial charge is 0.393 e. The Bertz CT molecular complexity index is 983. The van der Waals surface area contributed by atoms with E-state index in [1.807, 2.05) is 34.6 Å². The van der Waals surface area contributed by atoms with Gasteiger partial charge < -0.3 is 14.6 Å². The first-order chi connectivity index (χ1) is 13.5. The molecule has 0 radical (unpaired) electrons. The third-order valence-corrected chi connectivity index (χ3v) is 5.56. The second-order valence-electron chi connectivity index (χ2n) is 7.53. The maximum absolute atomic E-state index is 13.3. The number of amides is 1. The monoisotopic (exact) mass is 381 g/mol. The number of nitrogens with zero attached hydrogens (tertiary/aromatic N) is 3. The summed E-state index contributed by atoms with van der Waals surface area (Å²) in [5.74, 6) is -0.0933. The van der Waals surface area contributed by atoms with Crippen LogP contribution in [0, 0.1) is 11.7 Å². The average Bonchev–Trinajstić information content (AvgIpc) is 3.07. The number of aromatic nitrogens is 2. The van der Waals surface area contributed by atoms with E-state index in [-0.39, 0.29) is 23.7 Å². The second-order valence-corrected chi connectivity index (χ2v) is 7.53. The summed E-state index contributed by atoms with van der Waals surface area (Å²) in [6.07, 6.45) is 2.40. The molecule has 2 unspecified atom stereocenters. The van der Waals surface area contributed by atoms with E-state index >= 15 is 0 Å². The van der Waals surface area contributed by atoms with Crippen molar-refractivity contribution in [1.82, 2.24) is 14.5 Å². The number of hydrogen-bond acceptors (Lipinski definition) is 3. The summed E-state index contributed by atoms with van der Waals surface area (Å²) in [5, 5.41) is 10.9. The highest BCUT2D eigenvalue weighted by atomic mass is 19.1. The molecule has 1 aliphatic heterocycles. The van der Waals surface area contributed by atoms with Gasteiger partial charge in [0.1, 0.15) is 11.5 Å². The summed E-state index contributed by atoms with van der Waals surface area (Å²) in [5.41, 5.74) is 2.63. The highest BCUT2D eigenvalue weighted by Crippen LogP contribution is 2.28. The fourth-order valence-electron chi connectivity index (χ4n) is 3.90. The summed E-state index contributed by atoms with van der Waals surface area (Å²) < 4.78 is 15.4. The number of piperidine rings is 1. The van der Waals surface area contributed by atoms with Gasteiger partial charge in [-0.15, -0.1) is 0 Å². The molecule has 4 rings (SSSR count). The van der Waals surface area contributed by atoms with E-state index in [9.17, 15) is 14.3 Å². The number of aliphatic hydroxyl groups excluding tert-OH is 1. The van der Waals surface area contributed by atoms with Crippen molar-refractivity contribution in [3.63, 3.8) is 0 Å². The zero-order valence-electron chi connectivity index (χ0n) is 15.9. The number of aryl methyl sites for hydroxylation is 1. The van der Waals surface area contributed by atoms with Crippen LogP contribution >= 0.6 is 0 Å². The standard InChI is InChI=1S/C22H24FN3O2/c1-15-14-25(11-8-20(15)27)21(28)9-12-26-19(16-4-6-18(23)7-5-16)13-17-3-2-10-24-22(17)26/h2-7,10,13,15,20,27H,8-9,11-12,14H2,1H3. The van der Waals surface area contributed by atoms with Gasteiger partial charge in [-0.3, -0.25) is 4.79 Å². The Morgan fingerprint density at radius 1 is 1.29 bits per heavy atom. The minimum absolute atomic E-state index is 0.0848. The Labute approximate surface area is 163 Å². The first kappa shape index (κ1) is 18.6. The van der Waals surface area contributed by atoms with Gasteiger partial charge in [-0.25, -0.2) is 9.37 Å². The first-order valence-corrected chi connectivity index (χ1v) is 9.69. The van der Waals surface area contributed by atoms with Crippen LogP contribution in [0.15, 0.2) is 48.7 Å². The molecule has 1 aliphatic rings. The van der Waals surface area contributed by atoms with Crippen molar-refractivity contribution in [2.24, 2.45) is 5.92 Å². The number of pyridine rings is 1. The minimum atomic E-state index is -0.327. The SMILES string of the molecule is CC1CN(C(=O)CCn2c(-c3ccc(F)cc3)cc3cccnc32)CCC1O. The van der Waals surface area contributed by atoms with Gasteiger partial charge in [-0.1, -0.05) is 6.92 Å². The molecule has 1 aromatic carbocycles. The smallest absolute Gasteiger partial charge is 0.224 e. The average molecular weight is 381 g/mol. The number of hydrogen-bond donors (Lipinski definition) is 1. The molecule has 1 amide bonds. The molecule has 0 bridgehead atoms.